The lowest BCUT2D eigenvalue weighted by Gasteiger charge is -2.06. The summed E-state index contributed by atoms with van der Waals surface area (Å²) in [5.41, 5.74) is 5.29. The number of rotatable bonds is 6. The van der Waals surface area contributed by atoms with Gasteiger partial charge in [0.1, 0.15) is 25.2 Å². The molecule has 0 radical (unpaired) electrons. The predicted molar refractivity (Wildman–Crippen MR) is 102 cm³/mol. The molecule has 0 amide bonds. The Bertz CT molecular complexity index is 751. The Morgan fingerprint density at radius 3 is 2.24 bits per heavy atom. The van der Waals surface area contributed by atoms with Crippen molar-refractivity contribution in [3.63, 3.8) is 0 Å². The number of fused-ring (bicyclic) bond motifs is 3. The van der Waals surface area contributed by atoms with Crippen LogP contribution in [-0.2, 0) is 9.57 Å². The molecule has 0 bridgehead atoms. The first-order chi connectivity index (χ1) is 12.3. The summed E-state index contributed by atoms with van der Waals surface area (Å²) in [4.78, 5) is 5.03. The average Bonchev–Trinajstić information content (AvgIpc) is 2.97. The Labute approximate surface area is 149 Å². The van der Waals surface area contributed by atoms with E-state index in [1.165, 1.54) is 5.56 Å². The highest BCUT2D eigenvalue weighted by Gasteiger charge is 2.25. The molecule has 4 heteroatoms. The van der Waals surface area contributed by atoms with Gasteiger partial charge >= 0.3 is 0 Å². The second kappa shape index (κ2) is 9.64. The van der Waals surface area contributed by atoms with Gasteiger partial charge in [-0.2, -0.15) is 0 Å². The molecule has 0 fully saturated rings. The van der Waals surface area contributed by atoms with Gasteiger partial charge in [-0.15, -0.1) is 0 Å². The van der Waals surface area contributed by atoms with E-state index in [9.17, 15) is 0 Å². The molecule has 4 nitrogen and oxygen atoms in total. The summed E-state index contributed by atoms with van der Waals surface area (Å²) in [6.07, 6.45) is 3.87. The molecule has 0 aliphatic heterocycles. The van der Waals surface area contributed by atoms with Gasteiger partial charge in [-0.05, 0) is 35.4 Å². The van der Waals surface area contributed by atoms with Crippen LogP contribution < -0.4 is 4.74 Å². The predicted octanol–water partition coefficient (Wildman–Crippen LogP) is 4.67. The molecule has 1 aliphatic rings. The van der Waals surface area contributed by atoms with Crippen LogP contribution in [0.15, 0.2) is 59.8 Å². The highest BCUT2D eigenvalue weighted by atomic mass is 16.6. The lowest BCUT2D eigenvalue weighted by molar-refractivity contribution is 0.214. The summed E-state index contributed by atoms with van der Waals surface area (Å²) in [5, 5.41) is 4.20. The molecular formula is C21H25NO3. The lowest BCUT2D eigenvalue weighted by atomic mass is 10.1. The zero-order chi connectivity index (χ0) is 18.1. The van der Waals surface area contributed by atoms with E-state index in [0.29, 0.717) is 13.2 Å². The Morgan fingerprint density at radius 1 is 0.840 bits per heavy atom. The maximum Gasteiger partial charge on any atom is 0.120 e. The Balaban J connectivity index is 0.00000109. The van der Waals surface area contributed by atoms with Crippen LogP contribution in [-0.4, -0.2) is 33.1 Å². The van der Waals surface area contributed by atoms with Crippen LogP contribution in [0.25, 0.3) is 11.1 Å². The van der Waals surface area contributed by atoms with Crippen LogP contribution in [0.4, 0.5) is 0 Å². The number of ether oxygens (including phenoxy) is 2. The van der Waals surface area contributed by atoms with Crippen LogP contribution in [0.1, 0.15) is 25.0 Å². The zero-order valence-corrected chi connectivity index (χ0v) is 15.3. The monoisotopic (exact) mass is 339 g/mol. The highest BCUT2D eigenvalue weighted by Crippen LogP contribution is 2.38. The molecule has 0 aromatic heterocycles. The number of methoxy groups -OCH3 is 1. The number of hydrogen-bond donors (Lipinski definition) is 0. The molecule has 25 heavy (non-hydrogen) atoms. The first-order valence-electron chi connectivity index (χ1n) is 8.47. The van der Waals surface area contributed by atoms with E-state index in [-0.39, 0.29) is 0 Å². The summed E-state index contributed by atoms with van der Waals surface area (Å²) in [6.45, 7) is 5.10. The van der Waals surface area contributed by atoms with Crippen molar-refractivity contribution in [2.75, 3.05) is 27.4 Å². The third-order valence-electron chi connectivity index (χ3n) is 3.68. The molecule has 2 aromatic carbocycles. The average molecular weight is 339 g/mol. The zero-order valence-electron chi connectivity index (χ0n) is 15.3. The van der Waals surface area contributed by atoms with Gasteiger partial charge in [0, 0.05) is 18.2 Å². The van der Waals surface area contributed by atoms with Crippen LogP contribution in [0.5, 0.6) is 5.75 Å². The minimum atomic E-state index is 0.506. The first-order valence-corrected chi connectivity index (χ1v) is 8.47. The van der Waals surface area contributed by atoms with E-state index < -0.39 is 0 Å². The third kappa shape index (κ3) is 4.28. The number of oxime groups is 1. The van der Waals surface area contributed by atoms with Gasteiger partial charge in [-0.1, -0.05) is 49.3 Å². The quantitative estimate of drug-likeness (QED) is 0.484. The van der Waals surface area contributed by atoms with Gasteiger partial charge in [0.2, 0.25) is 0 Å². The molecule has 132 valence electrons. The molecule has 0 unspecified atom stereocenters. The summed E-state index contributed by atoms with van der Waals surface area (Å²) in [6, 6.07) is 14.3. The molecular weight excluding hydrogens is 314 g/mol. The minimum absolute atomic E-state index is 0.506. The van der Waals surface area contributed by atoms with Crippen LogP contribution in [0.2, 0.25) is 0 Å². The van der Waals surface area contributed by atoms with E-state index in [1.54, 1.807) is 14.2 Å². The van der Waals surface area contributed by atoms with Crippen LogP contribution >= 0.6 is 0 Å². The van der Waals surface area contributed by atoms with Crippen molar-refractivity contribution in [3.05, 3.63) is 65.7 Å². The van der Waals surface area contributed by atoms with Gasteiger partial charge in [0.15, 0.2) is 0 Å². The minimum Gasteiger partial charge on any atom is -0.490 e. The summed E-state index contributed by atoms with van der Waals surface area (Å²) in [7, 11) is 3.23. The molecule has 0 spiro atoms. The second-order valence-electron chi connectivity index (χ2n) is 5.11. The van der Waals surface area contributed by atoms with Crippen molar-refractivity contribution in [2.24, 2.45) is 5.16 Å². The maximum absolute atomic E-state index is 5.76. The van der Waals surface area contributed by atoms with E-state index in [2.05, 4.69) is 23.4 Å². The van der Waals surface area contributed by atoms with Crippen LogP contribution in [0, 0.1) is 0 Å². The van der Waals surface area contributed by atoms with Crippen molar-refractivity contribution >= 4 is 5.71 Å². The smallest absolute Gasteiger partial charge is 0.120 e. The van der Waals surface area contributed by atoms with Crippen molar-refractivity contribution in [1.29, 1.82) is 0 Å². The summed E-state index contributed by atoms with van der Waals surface area (Å²) >= 11 is 0. The largest absolute Gasteiger partial charge is 0.490 e. The molecule has 1 aliphatic carbocycles. The van der Waals surface area contributed by atoms with Crippen molar-refractivity contribution < 1.29 is 14.3 Å². The summed E-state index contributed by atoms with van der Waals surface area (Å²) < 4.78 is 10.7. The molecule has 0 saturated carbocycles. The highest BCUT2D eigenvalue weighted by molar-refractivity contribution is 6.24. The molecule has 0 N–H and O–H groups in total. The van der Waals surface area contributed by atoms with Gasteiger partial charge in [-0.3, -0.25) is 0 Å². The van der Waals surface area contributed by atoms with Crippen molar-refractivity contribution in [3.8, 4) is 16.9 Å². The Morgan fingerprint density at radius 2 is 1.52 bits per heavy atom. The molecule has 3 rings (SSSR count). The van der Waals surface area contributed by atoms with Crippen molar-refractivity contribution in [2.45, 2.75) is 13.8 Å². The van der Waals surface area contributed by atoms with Gasteiger partial charge < -0.3 is 14.3 Å². The number of nitrogens with zero attached hydrogens (tertiary/aromatic N) is 1. The standard InChI is InChI=1S/C19H19NO3.C2H6/c1-21-11-5-6-12-23-14-9-10-16-15-7-3-4-8-17(15)19(20-22-2)18(16)13-14;1-2/h3-10,13H,11-12H2,1-2H3;1-2H3/b6-5+,20-19+;. The van der Waals surface area contributed by atoms with Gasteiger partial charge in [-0.25, -0.2) is 0 Å². The fraction of sp³-hybridized carbons (Fsp3) is 0.286. The molecule has 2 aromatic rings. The molecule has 0 heterocycles. The fourth-order valence-corrected chi connectivity index (χ4v) is 2.68. The van der Waals surface area contributed by atoms with Crippen molar-refractivity contribution in [1.82, 2.24) is 0 Å². The third-order valence-corrected chi connectivity index (χ3v) is 3.68. The van der Waals surface area contributed by atoms with E-state index in [0.717, 1.165) is 28.2 Å². The summed E-state index contributed by atoms with van der Waals surface area (Å²) in [5.74, 6) is 0.808. The Hall–Kier alpha value is -2.59. The maximum atomic E-state index is 5.76. The Kier molecular flexibility index (Phi) is 7.23. The molecule has 0 atom stereocenters. The van der Waals surface area contributed by atoms with E-state index in [4.69, 9.17) is 14.3 Å². The number of benzene rings is 2. The van der Waals surface area contributed by atoms with Gasteiger partial charge in [0.05, 0.1) is 6.61 Å². The lowest BCUT2D eigenvalue weighted by Crippen LogP contribution is -2.00. The van der Waals surface area contributed by atoms with Gasteiger partial charge in [0.25, 0.3) is 0 Å². The topological polar surface area (TPSA) is 40.0 Å². The second-order valence-corrected chi connectivity index (χ2v) is 5.11. The van der Waals surface area contributed by atoms with E-state index >= 15 is 0 Å². The fourth-order valence-electron chi connectivity index (χ4n) is 2.68. The SMILES string of the molecule is CC.COC/C=C/COc1ccc2c(c1)/C(=N/OC)c1ccccc1-2. The first kappa shape index (κ1) is 18.7. The normalized spacial score (nSPS) is 13.2. The van der Waals surface area contributed by atoms with Crippen LogP contribution in [0.3, 0.4) is 0 Å². The number of hydrogen-bond acceptors (Lipinski definition) is 4. The molecule has 0 saturated heterocycles. The van der Waals surface area contributed by atoms with E-state index in [1.807, 2.05) is 50.3 Å².